The second-order valence-corrected chi connectivity index (χ2v) is 7.32. The quantitative estimate of drug-likeness (QED) is 0.483. The third-order valence-corrected chi connectivity index (χ3v) is 5.21. The normalized spacial score (nSPS) is 10.7. The molecule has 2 aromatic carbocycles. The Morgan fingerprint density at radius 3 is 2.48 bits per heavy atom. The topological polar surface area (TPSA) is 78.2 Å². The SMILES string of the molecule is CCN(Cc1ccc(OC)c(OC)c1)C(=O)COc1cc2oc(=O)cc(C)c2cc1Cl. The van der Waals surface area contributed by atoms with Crippen LogP contribution in [0.4, 0.5) is 0 Å². The molecule has 0 atom stereocenters. The van der Waals surface area contributed by atoms with Gasteiger partial charge >= 0.3 is 5.63 Å². The van der Waals surface area contributed by atoms with Crippen molar-refractivity contribution in [2.75, 3.05) is 27.4 Å². The first-order chi connectivity index (χ1) is 14.9. The van der Waals surface area contributed by atoms with E-state index in [1.165, 1.54) is 12.1 Å². The molecule has 7 nitrogen and oxygen atoms in total. The predicted molar refractivity (Wildman–Crippen MR) is 118 cm³/mol. The van der Waals surface area contributed by atoms with Gasteiger partial charge < -0.3 is 23.5 Å². The largest absolute Gasteiger partial charge is 0.493 e. The molecule has 0 spiro atoms. The highest BCUT2D eigenvalue weighted by molar-refractivity contribution is 6.32. The first-order valence-corrected chi connectivity index (χ1v) is 10.1. The van der Waals surface area contributed by atoms with Crippen molar-refractivity contribution in [3.8, 4) is 17.2 Å². The number of fused-ring (bicyclic) bond motifs is 1. The number of aryl methyl sites for hydroxylation is 1. The molecule has 0 aliphatic heterocycles. The molecule has 0 bridgehead atoms. The lowest BCUT2D eigenvalue weighted by atomic mass is 10.1. The van der Waals surface area contributed by atoms with Gasteiger partial charge in [-0.15, -0.1) is 0 Å². The van der Waals surface area contributed by atoms with E-state index in [1.807, 2.05) is 19.1 Å². The molecule has 3 aromatic rings. The molecule has 0 fully saturated rings. The molecular formula is C23H24ClNO6. The molecule has 0 saturated carbocycles. The lowest BCUT2D eigenvalue weighted by Gasteiger charge is -2.22. The summed E-state index contributed by atoms with van der Waals surface area (Å²) in [4.78, 5) is 26.0. The Morgan fingerprint density at radius 2 is 1.81 bits per heavy atom. The van der Waals surface area contributed by atoms with Crippen LogP contribution in [0, 0.1) is 6.92 Å². The van der Waals surface area contributed by atoms with Crippen molar-refractivity contribution in [2.45, 2.75) is 20.4 Å². The first kappa shape index (κ1) is 22.5. The number of hydrogen-bond donors (Lipinski definition) is 0. The van der Waals surface area contributed by atoms with Crippen LogP contribution in [0.1, 0.15) is 18.1 Å². The average molecular weight is 446 g/mol. The number of methoxy groups -OCH3 is 2. The standard InChI is InChI=1S/C23H24ClNO6/c1-5-25(12-15-6-7-18(28-3)21(9-15)29-4)22(26)13-30-20-11-19-16(10-17(20)24)14(2)8-23(27)31-19/h6-11H,5,12-13H2,1-4H3. The minimum absolute atomic E-state index is 0.206. The van der Waals surface area contributed by atoms with E-state index in [9.17, 15) is 9.59 Å². The second-order valence-electron chi connectivity index (χ2n) is 6.91. The molecule has 1 heterocycles. The Balaban J connectivity index is 1.73. The van der Waals surface area contributed by atoms with Gasteiger partial charge in [0.25, 0.3) is 5.91 Å². The van der Waals surface area contributed by atoms with Crippen LogP contribution in [0.15, 0.2) is 45.6 Å². The maximum absolute atomic E-state index is 12.7. The van der Waals surface area contributed by atoms with E-state index in [4.69, 9.17) is 30.2 Å². The van der Waals surface area contributed by atoms with Crippen molar-refractivity contribution in [3.63, 3.8) is 0 Å². The monoisotopic (exact) mass is 445 g/mol. The Hall–Kier alpha value is -3.19. The summed E-state index contributed by atoms with van der Waals surface area (Å²) in [6.45, 7) is 4.36. The molecule has 0 aliphatic carbocycles. The maximum atomic E-state index is 12.7. The van der Waals surface area contributed by atoms with E-state index >= 15 is 0 Å². The van der Waals surface area contributed by atoms with Gasteiger partial charge in [-0.2, -0.15) is 0 Å². The summed E-state index contributed by atoms with van der Waals surface area (Å²) in [6, 6.07) is 10.1. The molecule has 0 aliphatic rings. The van der Waals surface area contributed by atoms with Crippen LogP contribution in [0.5, 0.6) is 17.2 Å². The Labute approximate surface area is 185 Å². The van der Waals surface area contributed by atoms with Crippen molar-refractivity contribution >= 4 is 28.5 Å². The molecule has 164 valence electrons. The summed E-state index contributed by atoms with van der Waals surface area (Å²) in [5.41, 5.74) is 1.55. The number of ether oxygens (including phenoxy) is 3. The summed E-state index contributed by atoms with van der Waals surface area (Å²) in [6.07, 6.45) is 0. The number of hydrogen-bond acceptors (Lipinski definition) is 6. The predicted octanol–water partition coefficient (Wildman–Crippen LogP) is 4.20. The summed E-state index contributed by atoms with van der Waals surface area (Å²) >= 11 is 6.31. The van der Waals surface area contributed by atoms with Gasteiger partial charge in [-0.3, -0.25) is 4.79 Å². The third-order valence-electron chi connectivity index (χ3n) is 4.91. The van der Waals surface area contributed by atoms with Crippen LogP contribution in [-0.4, -0.2) is 38.2 Å². The lowest BCUT2D eigenvalue weighted by Crippen LogP contribution is -2.34. The Kier molecular flexibility index (Phi) is 7.07. The molecule has 0 unspecified atom stereocenters. The van der Waals surface area contributed by atoms with Crippen LogP contribution in [0.3, 0.4) is 0 Å². The number of carbonyl (C=O) groups is 1. The van der Waals surface area contributed by atoms with Crippen LogP contribution < -0.4 is 19.8 Å². The summed E-state index contributed by atoms with van der Waals surface area (Å²) < 4.78 is 21.5. The highest BCUT2D eigenvalue weighted by Gasteiger charge is 2.16. The van der Waals surface area contributed by atoms with E-state index < -0.39 is 5.63 Å². The van der Waals surface area contributed by atoms with Crippen LogP contribution in [0.25, 0.3) is 11.0 Å². The van der Waals surface area contributed by atoms with Gasteiger partial charge in [0, 0.05) is 30.6 Å². The summed E-state index contributed by atoms with van der Waals surface area (Å²) in [5, 5.41) is 1.05. The van der Waals surface area contributed by atoms with E-state index in [2.05, 4.69) is 0 Å². The summed E-state index contributed by atoms with van der Waals surface area (Å²) in [7, 11) is 3.14. The number of halogens is 1. The van der Waals surface area contributed by atoms with Gasteiger partial charge in [0.15, 0.2) is 18.1 Å². The molecule has 0 N–H and O–H groups in total. The fourth-order valence-corrected chi connectivity index (χ4v) is 3.46. The van der Waals surface area contributed by atoms with Gasteiger partial charge in [0.05, 0.1) is 19.2 Å². The first-order valence-electron chi connectivity index (χ1n) is 9.71. The zero-order valence-corrected chi connectivity index (χ0v) is 18.6. The summed E-state index contributed by atoms with van der Waals surface area (Å²) in [5.74, 6) is 1.29. The zero-order valence-electron chi connectivity index (χ0n) is 17.9. The van der Waals surface area contributed by atoms with Crippen LogP contribution in [-0.2, 0) is 11.3 Å². The van der Waals surface area contributed by atoms with Crippen LogP contribution in [0.2, 0.25) is 5.02 Å². The van der Waals surface area contributed by atoms with Crippen molar-refractivity contribution in [1.82, 2.24) is 4.90 Å². The number of nitrogens with zero attached hydrogens (tertiary/aromatic N) is 1. The zero-order chi connectivity index (χ0) is 22.5. The third kappa shape index (κ3) is 5.11. The molecule has 1 amide bonds. The minimum Gasteiger partial charge on any atom is -0.493 e. The molecular weight excluding hydrogens is 422 g/mol. The van der Waals surface area contributed by atoms with E-state index in [0.29, 0.717) is 40.6 Å². The average Bonchev–Trinajstić information content (AvgIpc) is 2.76. The molecule has 8 heteroatoms. The number of amides is 1. The van der Waals surface area contributed by atoms with E-state index in [1.54, 1.807) is 38.2 Å². The van der Waals surface area contributed by atoms with Crippen LogP contribution >= 0.6 is 11.6 Å². The Morgan fingerprint density at radius 1 is 1.06 bits per heavy atom. The molecule has 1 aromatic heterocycles. The van der Waals surface area contributed by atoms with E-state index in [-0.39, 0.29) is 18.3 Å². The number of rotatable bonds is 8. The second kappa shape index (κ2) is 9.75. The fourth-order valence-electron chi connectivity index (χ4n) is 3.24. The molecule has 31 heavy (non-hydrogen) atoms. The smallest absolute Gasteiger partial charge is 0.336 e. The number of benzene rings is 2. The maximum Gasteiger partial charge on any atom is 0.336 e. The van der Waals surface area contributed by atoms with Crippen molar-refractivity contribution in [2.24, 2.45) is 0 Å². The van der Waals surface area contributed by atoms with E-state index in [0.717, 1.165) is 11.1 Å². The van der Waals surface area contributed by atoms with Gasteiger partial charge in [-0.1, -0.05) is 17.7 Å². The number of likely N-dealkylation sites (N-methyl/N-ethyl adjacent to an activating group) is 1. The van der Waals surface area contributed by atoms with Crippen molar-refractivity contribution in [3.05, 3.63) is 63.0 Å². The van der Waals surface area contributed by atoms with Gasteiger partial charge in [0.1, 0.15) is 11.3 Å². The van der Waals surface area contributed by atoms with Gasteiger partial charge in [0.2, 0.25) is 0 Å². The van der Waals surface area contributed by atoms with Crippen molar-refractivity contribution < 1.29 is 23.4 Å². The van der Waals surface area contributed by atoms with Gasteiger partial charge in [-0.25, -0.2) is 4.79 Å². The molecule has 3 rings (SSSR count). The van der Waals surface area contributed by atoms with Crippen molar-refractivity contribution in [1.29, 1.82) is 0 Å². The van der Waals surface area contributed by atoms with Gasteiger partial charge in [-0.05, 0) is 43.2 Å². The highest BCUT2D eigenvalue weighted by Crippen LogP contribution is 2.31. The minimum atomic E-state index is -0.457. The number of carbonyl (C=O) groups excluding carboxylic acids is 1. The lowest BCUT2D eigenvalue weighted by molar-refractivity contribution is -0.133. The fraction of sp³-hybridized carbons (Fsp3) is 0.304. The highest BCUT2D eigenvalue weighted by atomic mass is 35.5. The Bertz CT molecular complexity index is 1160. The molecule has 0 saturated heterocycles. The molecule has 0 radical (unpaired) electrons.